The van der Waals surface area contributed by atoms with Crippen molar-refractivity contribution in [3.63, 3.8) is 0 Å². The highest BCUT2D eigenvalue weighted by atomic mass is 16.5. The van der Waals surface area contributed by atoms with E-state index in [9.17, 15) is 0 Å². The summed E-state index contributed by atoms with van der Waals surface area (Å²) < 4.78 is 7.82. The van der Waals surface area contributed by atoms with Gasteiger partial charge in [0.1, 0.15) is 23.7 Å². The van der Waals surface area contributed by atoms with Crippen molar-refractivity contribution in [2.75, 3.05) is 5.73 Å². The zero-order chi connectivity index (χ0) is 14.8. The second-order valence-corrected chi connectivity index (χ2v) is 5.07. The maximum atomic E-state index is 5.90. The Morgan fingerprint density at radius 1 is 1.19 bits per heavy atom. The fourth-order valence-corrected chi connectivity index (χ4v) is 2.20. The predicted molar refractivity (Wildman–Crippen MR) is 81.0 cm³/mol. The van der Waals surface area contributed by atoms with Gasteiger partial charge in [-0.2, -0.15) is 0 Å². The molecule has 1 aromatic carbocycles. The minimum atomic E-state index is -0.0127. The van der Waals surface area contributed by atoms with E-state index in [1.807, 2.05) is 35.8 Å². The lowest BCUT2D eigenvalue weighted by molar-refractivity contribution is 0.201. The van der Waals surface area contributed by atoms with Gasteiger partial charge in [-0.05, 0) is 26.0 Å². The van der Waals surface area contributed by atoms with Crippen molar-refractivity contribution in [3.05, 3.63) is 42.5 Å². The molecule has 0 spiro atoms. The van der Waals surface area contributed by atoms with Crippen molar-refractivity contribution in [3.8, 4) is 5.75 Å². The number of nitrogens with zero attached hydrogens (tertiary/aromatic N) is 4. The summed E-state index contributed by atoms with van der Waals surface area (Å²) in [6.45, 7) is 4.70. The molecule has 6 nitrogen and oxygen atoms in total. The largest absolute Gasteiger partial charge is 0.489 e. The first-order valence-corrected chi connectivity index (χ1v) is 6.78. The van der Waals surface area contributed by atoms with Crippen LogP contribution in [0.1, 0.15) is 12.5 Å². The molecular formula is C15H17N5O. The third-order valence-corrected chi connectivity index (χ3v) is 3.24. The number of fused-ring (bicyclic) bond motifs is 1. The summed E-state index contributed by atoms with van der Waals surface area (Å²) >= 11 is 0. The lowest BCUT2D eigenvalue weighted by Gasteiger charge is -2.15. The highest BCUT2D eigenvalue weighted by Gasteiger charge is 2.11. The molecule has 0 fully saturated rings. The Morgan fingerprint density at radius 2 is 1.95 bits per heavy atom. The molecule has 108 valence electrons. The molecule has 0 saturated heterocycles. The quantitative estimate of drug-likeness (QED) is 0.794. The molecule has 2 N–H and O–H groups in total. The van der Waals surface area contributed by atoms with Gasteiger partial charge < -0.3 is 15.0 Å². The van der Waals surface area contributed by atoms with Gasteiger partial charge >= 0.3 is 0 Å². The van der Waals surface area contributed by atoms with Gasteiger partial charge in [0, 0.05) is 0 Å². The van der Waals surface area contributed by atoms with Gasteiger partial charge in [0.15, 0.2) is 11.5 Å². The maximum Gasteiger partial charge on any atom is 0.165 e. The van der Waals surface area contributed by atoms with Crippen LogP contribution in [0.4, 0.5) is 5.82 Å². The second-order valence-electron chi connectivity index (χ2n) is 5.07. The number of anilines is 1. The molecule has 0 bridgehead atoms. The van der Waals surface area contributed by atoms with Crippen LogP contribution in [-0.4, -0.2) is 25.6 Å². The average Bonchev–Trinajstić information content (AvgIpc) is 2.86. The number of nitrogen functional groups attached to an aromatic ring is 1. The zero-order valence-corrected chi connectivity index (χ0v) is 12.0. The number of hydrogen-bond acceptors (Lipinski definition) is 5. The monoisotopic (exact) mass is 283 g/mol. The topological polar surface area (TPSA) is 78.9 Å². The lowest BCUT2D eigenvalue weighted by Crippen LogP contribution is -2.19. The third-order valence-electron chi connectivity index (χ3n) is 3.24. The predicted octanol–water partition coefficient (Wildman–Crippen LogP) is 2.18. The third kappa shape index (κ3) is 2.79. The highest BCUT2D eigenvalue weighted by molar-refractivity contribution is 5.81. The molecule has 0 saturated carbocycles. The Hall–Kier alpha value is -2.63. The first kappa shape index (κ1) is 13.4. The van der Waals surface area contributed by atoms with Crippen molar-refractivity contribution < 1.29 is 4.74 Å². The fourth-order valence-electron chi connectivity index (χ4n) is 2.20. The maximum absolute atomic E-state index is 5.90. The van der Waals surface area contributed by atoms with Crippen LogP contribution in [0.3, 0.4) is 0 Å². The van der Waals surface area contributed by atoms with E-state index in [-0.39, 0.29) is 6.10 Å². The van der Waals surface area contributed by atoms with Gasteiger partial charge in [-0.25, -0.2) is 15.0 Å². The Labute approximate surface area is 122 Å². The second kappa shape index (κ2) is 5.40. The van der Waals surface area contributed by atoms with Crippen LogP contribution in [0.15, 0.2) is 36.9 Å². The standard InChI is InChI=1S/C15H17N5O/c1-10-3-5-12(6-4-10)21-11(2)7-20-9-19-13-14(16)17-8-18-15(13)20/h3-6,8-9,11H,7H2,1-2H3,(H2,16,17,18). The molecule has 1 unspecified atom stereocenters. The van der Waals surface area contributed by atoms with Crippen LogP contribution in [-0.2, 0) is 6.54 Å². The van der Waals surface area contributed by atoms with Gasteiger partial charge in [0.05, 0.1) is 12.9 Å². The number of benzene rings is 1. The molecule has 0 amide bonds. The average molecular weight is 283 g/mol. The Balaban J connectivity index is 1.75. The number of nitrogens with two attached hydrogens (primary N) is 1. The number of aryl methyl sites for hydroxylation is 1. The molecule has 21 heavy (non-hydrogen) atoms. The number of hydrogen-bond donors (Lipinski definition) is 1. The number of rotatable bonds is 4. The van der Waals surface area contributed by atoms with Gasteiger partial charge in [0.2, 0.25) is 0 Å². The van der Waals surface area contributed by atoms with Gasteiger partial charge in [-0.15, -0.1) is 0 Å². The molecule has 0 aliphatic heterocycles. The normalized spacial score (nSPS) is 12.5. The van der Waals surface area contributed by atoms with Gasteiger partial charge in [-0.1, -0.05) is 17.7 Å². The number of imidazole rings is 1. The molecule has 1 atom stereocenters. The summed E-state index contributed by atoms with van der Waals surface area (Å²) in [6, 6.07) is 8.00. The lowest BCUT2D eigenvalue weighted by atomic mass is 10.2. The molecular weight excluding hydrogens is 266 g/mol. The van der Waals surface area contributed by atoms with E-state index in [2.05, 4.69) is 21.9 Å². The molecule has 6 heteroatoms. The summed E-state index contributed by atoms with van der Waals surface area (Å²) in [4.78, 5) is 12.4. The van der Waals surface area contributed by atoms with E-state index >= 15 is 0 Å². The SMILES string of the molecule is Cc1ccc(OC(C)Cn2cnc3c(N)ncnc32)cc1. The van der Waals surface area contributed by atoms with E-state index in [4.69, 9.17) is 10.5 Å². The molecule has 0 aliphatic carbocycles. The van der Waals surface area contributed by atoms with Crippen LogP contribution in [0, 0.1) is 6.92 Å². The van der Waals surface area contributed by atoms with Crippen LogP contribution < -0.4 is 10.5 Å². The van der Waals surface area contributed by atoms with E-state index in [1.165, 1.54) is 11.9 Å². The smallest absolute Gasteiger partial charge is 0.165 e. The van der Waals surface area contributed by atoms with E-state index < -0.39 is 0 Å². The Kier molecular flexibility index (Phi) is 3.43. The number of aromatic nitrogens is 4. The first-order valence-electron chi connectivity index (χ1n) is 6.78. The molecule has 2 heterocycles. The summed E-state index contributed by atoms with van der Waals surface area (Å²) in [5.41, 5.74) is 8.34. The summed E-state index contributed by atoms with van der Waals surface area (Å²) in [6.07, 6.45) is 3.15. The summed E-state index contributed by atoms with van der Waals surface area (Å²) in [5, 5.41) is 0. The molecule has 0 radical (unpaired) electrons. The summed E-state index contributed by atoms with van der Waals surface area (Å²) in [5.74, 6) is 1.25. The van der Waals surface area contributed by atoms with Crippen LogP contribution in [0.25, 0.3) is 11.2 Å². The van der Waals surface area contributed by atoms with Crippen molar-refractivity contribution in [1.29, 1.82) is 0 Å². The first-order chi connectivity index (χ1) is 10.1. The van der Waals surface area contributed by atoms with Gasteiger partial charge in [0.25, 0.3) is 0 Å². The molecule has 3 rings (SSSR count). The molecule has 2 aromatic heterocycles. The summed E-state index contributed by atoms with van der Waals surface area (Å²) in [7, 11) is 0. The van der Waals surface area contributed by atoms with Crippen molar-refractivity contribution >= 4 is 17.0 Å². The zero-order valence-electron chi connectivity index (χ0n) is 12.0. The van der Waals surface area contributed by atoms with Crippen LogP contribution in [0.5, 0.6) is 5.75 Å². The van der Waals surface area contributed by atoms with Crippen LogP contribution in [0.2, 0.25) is 0 Å². The van der Waals surface area contributed by atoms with Crippen molar-refractivity contribution in [1.82, 2.24) is 19.5 Å². The molecule has 0 aliphatic rings. The van der Waals surface area contributed by atoms with Gasteiger partial charge in [-0.3, -0.25) is 0 Å². The van der Waals surface area contributed by atoms with Crippen LogP contribution >= 0.6 is 0 Å². The minimum Gasteiger partial charge on any atom is -0.489 e. The minimum absolute atomic E-state index is 0.0127. The highest BCUT2D eigenvalue weighted by Crippen LogP contribution is 2.17. The van der Waals surface area contributed by atoms with Crippen molar-refractivity contribution in [2.45, 2.75) is 26.5 Å². The van der Waals surface area contributed by atoms with Crippen molar-refractivity contribution in [2.24, 2.45) is 0 Å². The van der Waals surface area contributed by atoms with E-state index in [0.29, 0.717) is 17.9 Å². The Morgan fingerprint density at radius 3 is 2.71 bits per heavy atom. The van der Waals surface area contributed by atoms with E-state index in [0.717, 1.165) is 11.4 Å². The fraction of sp³-hybridized carbons (Fsp3) is 0.267. The number of ether oxygens (including phenoxy) is 1. The molecule has 3 aromatic rings. The Bertz CT molecular complexity index is 750. The van der Waals surface area contributed by atoms with E-state index in [1.54, 1.807) is 6.33 Å².